The van der Waals surface area contributed by atoms with Crippen LogP contribution in [0.4, 0.5) is 0 Å². The van der Waals surface area contributed by atoms with E-state index in [4.69, 9.17) is 9.15 Å². The van der Waals surface area contributed by atoms with Gasteiger partial charge in [-0.05, 0) is 24.3 Å². The molecule has 2 nitrogen and oxygen atoms in total. The molecular weight excluding hydrogens is 208 g/mol. The van der Waals surface area contributed by atoms with E-state index >= 15 is 0 Å². The molecule has 0 aliphatic rings. The molecule has 1 unspecified atom stereocenters. The molecule has 1 atom stereocenters. The first-order valence-corrected chi connectivity index (χ1v) is 5.56. The number of rotatable bonds is 4. The molecule has 0 aliphatic heterocycles. The average molecular weight is 220 g/mol. The molecule has 2 aromatic rings. The highest BCUT2D eigenvalue weighted by Gasteiger charge is 2.14. The molecule has 0 amide bonds. The van der Waals surface area contributed by atoms with Gasteiger partial charge in [0.25, 0.3) is 0 Å². The van der Waals surface area contributed by atoms with Crippen LogP contribution in [0.5, 0.6) is 0 Å². The Morgan fingerprint density at radius 1 is 1.13 bits per heavy atom. The standard InChI is InChI=1S/C12H12O2S/c1-13-12(11-8-5-9-14-11)15-10-6-3-2-4-7-10/h2-9,12H,1H3. The van der Waals surface area contributed by atoms with Gasteiger partial charge >= 0.3 is 0 Å². The molecule has 15 heavy (non-hydrogen) atoms. The fourth-order valence-electron chi connectivity index (χ4n) is 1.27. The van der Waals surface area contributed by atoms with Gasteiger partial charge in [0, 0.05) is 12.0 Å². The largest absolute Gasteiger partial charge is 0.466 e. The first-order valence-electron chi connectivity index (χ1n) is 4.68. The summed E-state index contributed by atoms with van der Waals surface area (Å²) in [6.07, 6.45) is 1.66. The van der Waals surface area contributed by atoms with Crippen LogP contribution in [0, 0.1) is 0 Å². The van der Waals surface area contributed by atoms with Gasteiger partial charge in [-0.3, -0.25) is 0 Å². The van der Waals surface area contributed by atoms with E-state index in [0.29, 0.717) is 0 Å². The average Bonchev–Trinajstić information content (AvgIpc) is 2.81. The van der Waals surface area contributed by atoms with E-state index in [-0.39, 0.29) is 5.44 Å². The molecule has 1 aromatic carbocycles. The Morgan fingerprint density at radius 2 is 1.93 bits per heavy atom. The summed E-state index contributed by atoms with van der Waals surface area (Å²) in [5.74, 6) is 0.839. The minimum Gasteiger partial charge on any atom is -0.466 e. The van der Waals surface area contributed by atoms with E-state index in [0.717, 1.165) is 5.76 Å². The van der Waals surface area contributed by atoms with E-state index in [9.17, 15) is 0 Å². The zero-order valence-corrected chi connectivity index (χ0v) is 9.24. The maximum Gasteiger partial charge on any atom is 0.164 e. The second-order valence-corrected chi connectivity index (χ2v) is 4.15. The van der Waals surface area contributed by atoms with Crippen molar-refractivity contribution in [3.05, 3.63) is 54.5 Å². The number of hydrogen-bond donors (Lipinski definition) is 0. The van der Waals surface area contributed by atoms with Gasteiger partial charge in [0.05, 0.1) is 6.26 Å². The number of hydrogen-bond acceptors (Lipinski definition) is 3. The van der Waals surface area contributed by atoms with Crippen molar-refractivity contribution in [2.45, 2.75) is 10.3 Å². The van der Waals surface area contributed by atoms with Gasteiger partial charge < -0.3 is 9.15 Å². The zero-order chi connectivity index (χ0) is 10.5. The number of benzene rings is 1. The normalized spacial score (nSPS) is 12.6. The highest BCUT2D eigenvalue weighted by molar-refractivity contribution is 7.99. The Bertz CT molecular complexity index is 383. The Kier molecular flexibility index (Phi) is 3.48. The minimum absolute atomic E-state index is 0.0811. The topological polar surface area (TPSA) is 22.4 Å². The lowest BCUT2D eigenvalue weighted by Crippen LogP contribution is -1.94. The van der Waals surface area contributed by atoms with E-state index in [1.54, 1.807) is 25.1 Å². The van der Waals surface area contributed by atoms with Crippen LogP contribution in [0.25, 0.3) is 0 Å². The van der Waals surface area contributed by atoms with Crippen LogP contribution < -0.4 is 0 Å². The molecule has 0 radical (unpaired) electrons. The summed E-state index contributed by atoms with van der Waals surface area (Å²) in [4.78, 5) is 1.17. The summed E-state index contributed by atoms with van der Waals surface area (Å²) in [5, 5.41) is 0. The smallest absolute Gasteiger partial charge is 0.164 e. The zero-order valence-electron chi connectivity index (χ0n) is 8.42. The highest BCUT2D eigenvalue weighted by Crippen LogP contribution is 2.35. The first kappa shape index (κ1) is 10.3. The first-order chi connectivity index (χ1) is 7.40. The van der Waals surface area contributed by atoms with E-state index in [2.05, 4.69) is 12.1 Å². The third-order valence-electron chi connectivity index (χ3n) is 1.98. The summed E-state index contributed by atoms with van der Waals surface area (Å²) < 4.78 is 10.7. The van der Waals surface area contributed by atoms with Gasteiger partial charge in [-0.25, -0.2) is 0 Å². The molecule has 0 N–H and O–H groups in total. The second kappa shape index (κ2) is 5.05. The molecule has 0 aliphatic carbocycles. The molecule has 0 spiro atoms. The van der Waals surface area contributed by atoms with Crippen LogP contribution in [0.3, 0.4) is 0 Å². The summed E-state index contributed by atoms with van der Waals surface area (Å²) in [6.45, 7) is 0. The van der Waals surface area contributed by atoms with E-state index < -0.39 is 0 Å². The third-order valence-corrected chi connectivity index (χ3v) is 3.16. The van der Waals surface area contributed by atoms with Crippen molar-refractivity contribution in [1.29, 1.82) is 0 Å². The summed E-state index contributed by atoms with van der Waals surface area (Å²) in [7, 11) is 1.68. The summed E-state index contributed by atoms with van der Waals surface area (Å²) in [5.41, 5.74) is -0.0811. The fraction of sp³-hybridized carbons (Fsp3) is 0.167. The molecule has 0 bridgehead atoms. The van der Waals surface area contributed by atoms with Crippen LogP contribution in [0.15, 0.2) is 58.0 Å². The van der Waals surface area contributed by atoms with E-state index in [1.807, 2.05) is 30.3 Å². The van der Waals surface area contributed by atoms with Gasteiger partial charge in [-0.2, -0.15) is 0 Å². The predicted octanol–water partition coefficient (Wildman–Crippen LogP) is 3.72. The Labute approximate surface area is 93.2 Å². The highest BCUT2D eigenvalue weighted by atomic mass is 32.2. The van der Waals surface area contributed by atoms with Crippen LogP contribution >= 0.6 is 11.8 Å². The van der Waals surface area contributed by atoms with E-state index in [1.165, 1.54) is 4.90 Å². The Balaban J connectivity index is 2.10. The van der Waals surface area contributed by atoms with Crippen molar-refractivity contribution in [1.82, 2.24) is 0 Å². The maximum absolute atomic E-state index is 5.37. The van der Waals surface area contributed by atoms with Crippen molar-refractivity contribution in [3.8, 4) is 0 Å². The lowest BCUT2D eigenvalue weighted by molar-refractivity contribution is 0.155. The molecule has 0 fully saturated rings. The van der Waals surface area contributed by atoms with Crippen LogP contribution in [-0.2, 0) is 4.74 Å². The van der Waals surface area contributed by atoms with Gasteiger partial charge in [-0.1, -0.05) is 30.0 Å². The van der Waals surface area contributed by atoms with Gasteiger partial charge in [0.15, 0.2) is 5.44 Å². The SMILES string of the molecule is COC(Sc1ccccc1)c1ccco1. The van der Waals surface area contributed by atoms with Crippen LogP contribution in [-0.4, -0.2) is 7.11 Å². The third kappa shape index (κ3) is 2.64. The van der Waals surface area contributed by atoms with Crippen molar-refractivity contribution < 1.29 is 9.15 Å². The lowest BCUT2D eigenvalue weighted by atomic mass is 10.4. The second-order valence-electron chi connectivity index (χ2n) is 3.01. The maximum atomic E-state index is 5.37. The van der Waals surface area contributed by atoms with Crippen LogP contribution in [0.1, 0.15) is 11.2 Å². The van der Waals surface area contributed by atoms with Crippen molar-refractivity contribution in [2.24, 2.45) is 0 Å². The molecule has 3 heteroatoms. The molecule has 78 valence electrons. The number of methoxy groups -OCH3 is 1. The molecule has 1 heterocycles. The summed E-state index contributed by atoms with van der Waals surface area (Å²) >= 11 is 1.63. The molecule has 1 aromatic heterocycles. The Hall–Kier alpha value is -1.19. The molecule has 0 saturated heterocycles. The quantitative estimate of drug-likeness (QED) is 0.579. The van der Waals surface area contributed by atoms with Gasteiger partial charge in [0.2, 0.25) is 0 Å². The van der Waals surface area contributed by atoms with Crippen molar-refractivity contribution >= 4 is 11.8 Å². The fourth-order valence-corrected chi connectivity index (χ4v) is 2.18. The van der Waals surface area contributed by atoms with Crippen LogP contribution in [0.2, 0.25) is 0 Å². The predicted molar refractivity (Wildman–Crippen MR) is 60.8 cm³/mol. The number of thioether (sulfide) groups is 1. The van der Waals surface area contributed by atoms with Gasteiger partial charge in [-0.15, -0.1) is 0 Å². The number of furan rings is 1. The van der Waals surface area contributed by atoms with Gasteiger partial charge in [0.1, 0.15) is 5.76 Å². The monoisotopic (exact) mass is 220 g/mol. The van der Waals surface area contributed by atoms with Crippen molar-refractivity contribution in [2.75, 3.05) is 7.11 Å². The molecular formula is C12H12O2S. The molecule has 2 rings (SSSR count). The van der Waals surface area contributed by atoms with Crippen molar-refractivity contribution in [3.63, 3.8) is 0 Å². The number of ether oxygens (including phenoxy) is 1. The minimum atomic E-state index is -0.0811. The lowest BCUT2D eigenvalue weighted by Gasteiger charge is -2.11. The molecule has 0 saturated carbocycles. The summed E-state index contributed by atoms with van der Waals surface area (Å²) in [6, 6.07) is 13.9. The Morgan fingerprint density at radius 3 is 2.53 bits per heavy atom.